The van der Waals surface area contributed by atoms with E-state index >= 15 is 0 Å². The number of thiocarbonyl (C=S) groups is 1. The van der Waals surface area contributed by atoms with E-state index in [4.69, 9.17) is 21.4 Å². The number of nitrogens with zero attached hydrogens (tertiary/aromatic N) is 1. The zero-order valence-electron chi connectivity index (χ0n) is 16.5. The SMILES string of the molecule is Cc1cc(=O)oc2cc(O[C@H](C)C(=O)NNC(=S)NCCCN(C)C)ccc12. The lowest BCUT2D eigenvalue weighted by Gasteiger charge is -2.17. The summed E-state index contributed by atoms with van der Waals surface area (Å²) in [5, 5.41) is 4.16. The van der Waals surface area contributed by atoms with Crippen LogP contribution in [-0.2, 0) is 4.79 Å². The first kappa shape index (κ1) is 21.6. The minimum Gasteiger partial charge on any atom is -0.481 e. The number of fused-ring (bicyclic) bond motifs is 1. The molecule has 28 heavy (non-hydrogen) atoms. The number of carbonyl (C=O) groups is 1. The lowest BCUT2D eigenvalue weighted by Crippen LogP contribution is -2.50. The average molecular weight is 407 g/mol. The van der Waals surface area contributed by atoms with E-state index in [1.165, 1.54) is 6.07 Å². The third-order valence-electron chi connectivity index (χ3n) is 3.97. The zero-order valence-corrected chi connectivity index (χ0v) is 17.3. The molecule has 152 valence electrons. The average Bonchev–Trinajstić information content (AvgIpc) is 2.62. The molecule has 2 aromatic rings. The Morgan fingerprint density at radius 1 is 1.29 bits per heavy atom. The third kappa shape index (κ3) is 6.50. The van der Waals surface area contributed by atoms with Gasteiger partial charge in [0.05, 0.1) is 0 Å². The summed E-state index contributed by atoms with van der Waals surface area (Å²) in [6.07, 6.45) is 0.151. The van der Waals surface area contributed by atoms with E-state index in [0.29, 0.717) is 23.0 Å². The van der Waals surface area contributed by atoms with Crippen LogP contribution in [0.15, 0.2) is 33.5 Å². The molecule has 0 saturated carbocycles. The summed E-state index contributed by atoms with van der Waals surface area (Å²) in [5.74, 6) is 0.0384. The number of hydrogen-bond donors (Lipinski definition) is 3. The molecule has 1 atom stereocenters. The lowest BCUT2D eigenvalue weighted by molar-refractivity contribution is -0.127. The van der Waals surface area contributed by atoms with Gasteiger partial charge in [-0.1, -0.05) is 0 Å². The molecule has 0 unspecified atom stereocenters. The summed E-state index contributed by atoms with van der Waals surface area (Å²) in [4.78, 5) is 25.8. The van der Waals surface area contributed by atoms with Gasteiger partial charge in [-0.3, -0.25) is 15.6 Å². The molecule has 0 aliphatic rings. The molecule has 0 aliphatic heterocycles. The molecule has 1 aromatic heterocycles. The highest BCUT2D eigenvalue weighted by molar-refractivity contribution is 7.80. The molecular weight excluding hydrogens is 380 g/mol. The summed E-state index contributed by atoms with van der Waals surface area (Å²) in [6.45, 7) is 5.09. The summed E-state index contributed by atoms with van der Waals surface area (Å²) in [7, 11) is 4.01. The Morgan fingerprint density at radius 2 is 2.04 bits per heavy atom. The van der Waals surface area contributed by atoms with Crippen LogP contribution in [0.1, 0.15) is 18.9 Å². The van der Waals surface area contributed by atoms with Crippen molar-refractivity contribution in [3.8, 4) is 5.75 Å². The summed E-state index contributed by atoms with van der Waals surface area (Å²) in [6, 6.07) is 6.54. The monoisotopic (exact) mass is 406 g/mol. The summed E-state index contributed by atoms with van der Waals surface area (Å²) in [5.41, 5.74) is 5.96. The van der Waals surface area contributed by atoms with Crippen LogP contribution in [0.5, 0.6) is 5.75 Å². The van der Waals surface area contributed by atoms with Crippen molar-refractivity contribution in [1.29, 1.82) is 0 Å². The van der Waals surface area contributed by atoms with Crippen LogP contribution in [-0.4, -0.2) is 49.2 Å². The number of hydrazine groups is 1. The Kier molecular flexibility index (Phi) is 7.77. The van der Waals surface area contributed by atoms with E-state index in [2.05, 4.69) is 21.1 Å². The molecule has 0 fully saturated rings. The van der Waals surface area contributed by atoms with Gasteiger partial charge < -0.3 is 19.4 Å². The maximum atomic E-state index is 12.2. The van der Waals surface area contributed by atoms with Crippen LogP contribution in [0.3, 0.4) is 0 Å². The van der Waals surface area contributed by atoms with Crippen LogP contribution < -0.4 is 26.5 Å². The van der Waals surface area contributed by atoms with Crippen molar-refractivity contribution in [3.05, 3.63) is 40.2 Å². The van der Waals surface area contributed by atoms with Crippen molar-refractivity contribution in [1.82, 2.24) is 21.1 Å². The Bertz CT molecular complexity index is 897. The maximum absolute atomic E-state index is 12.2. The summed E-state index contributed by atoms with van der Waals surface area (Å²) < 4.78 is 10.8. The first-order valence-electron chi connectivity index (χ1n) is 8.96. The molecule has 0 radical (unpaired) electrons. The Balaban J connectivity index is 1.84. The van der Waals surface area contributed by atoms with Gasteiger partial charge >= 0.3 is 5.63 Å². The van der Waals surface area contributed by atoms with Gasteiger partial charge in [0.2, 0.25) is 0 Å². The molecule has 0 bridgehead atoms. The van der Waals surface area contributed by atoms with Crippen LogP contribution >= 0.6 is 12.2 Å². The van der Waals surface area contributed by atoms with E-state index in [-0.39, 0.29) is 5.91 Å². The van der Waals surface area contributed by atoms with Gasteiger partial charge in [-0.15, -0.1) is 0 Å². The van der Waals surface area contributed by atoms with E-state index in [1.807, 2.05) is 21.0 Å². The highest BCUT2D eigenvalue weighted by Gasteiger charge is 2.15. The van der Waals surface area contributed by atoms with Crippen molar-refractivity contribution in [2.45, 2.75) is 26.4 Å². The molecule has 1 heterocycles. The van der Waals surface area contributed by atoms with Crippen molar-refractivity contribution in [2.24, 2.45) is 0 Å². The molecule has 0 saturated heterocycles. The minimum atomic E-state index is -0.780. The van der Waals surface area contributed by atoms with E-state index in [1.54, 1.807) is 25.1 Å². The number of nitrogens with one attached hydrogen (secondary N) is 3. The zero-order chi connectivity index (χ0) is 20.7. The normalized spacial score (nSPS) is 11.9. The Hall–Kier alpha value is -2.65. The minimum absolute atomic E-state index is 0.335. The fourth-order valence-corrected chi connectivity index (χ4v) is 2.65. The molecular formula is C19H26N4O4S. The molecule has 1 amide bonds. The molecule has 2 rings (SSSR count). The first-order chi connectivity index (χ1) is 13.3. The molecule has 9 heteroatoms. The predicted octanol–water partition coefficient (Wildman–Crippen LogP) is 1.32. The third-order valence-corrected chi connectivity index (χ3v) is 4.22. The highest BCUT2D eigenvalue weighted by atomic mass is 32.1. The second-order valence-electron chi connectivity index (χ2n) is 6.69. The Morgan fingerprint density at radius 3 is 2.75 bits per heavy atom. The predicted molar refractivity (Wildman–Crippen MR) is 112 cm³/mol. The van der Waals surface area contributed by atoms with E-state index < -0.39 is 11.7 Å². The van der Waals surface area contributed by atoms with E-state index in [9.17, 15) is 9.59 Å². The van der Waals surface area contributed by atoms with Gasteiger partial charge in [-0.2, -0.15) is 0 Å². The largest absolute Gasteiger partial charge is 0.481 e. The van der Waals surface area contributed by atoms with Gasteiger partial charge in [0.1, 0.15) is 11.3 Å². The van der Waals surface area contributed by atoms with Crippen LogP contribution in [0.4, 0.5) is 0 Å². The first-order valence-corrected chi connectivity index (χ1v) is 9.36. The van der Waals surface area contributed by atoms with Crippen molar-refractivity contribution in [3.63, 3.8) is 0 Å². The molecule has 1 aromatic carbocycles. The second-order valence-corrected chi connectivity index (χ2v) is 7.10. The van der Waals surface area contributed by atoms with Crippen molar-refractivity contribution >= 4 is 34.2 Å². The van der Waals surface area contributed by atoms with Gasteiger partial charge in [0.15, 0.2) is 11.2 Å². The van der Waals surface area contributed by atoms with Crippen molar-refractivity contribution in [2.75, 3.05) is 27.2 Å². The highest BCUT2D eigenvalue weighted by Crippen LogP contribution is 2.22. The lowest BCUT2D eigenvalue weighted by atomic mass is 10.1. The number of ether oxygens (including phenoxy) is 1. The number of rotatable bonds is 7. The number of amides is 1. The van der Waals surface area contributed by atoms with Gasteiger partial charge in [-0.05, 0) is 70.8 Å². The second kappa shape index (κ2) is 10.0. The van der Waals surface area contributed by atoms with Crippen LogP contribution in [0, 0.1) is 6.92 Å². The Labute approximate surface area is 169 Å². The molecule has 0 spiro atoms. The quantitative estimate of drug-likeness (QED) is 0.274. The van der Waals surface area contributed by atoms with E-state index in [0.717, 1.165) is 23.9 Å². The standard InChI is InChI=1S/C19H26N4O4S/c1-12-10-17(24)27-16-11-14(6-7-15(12)16)26-13(2)18(25)21-22-19(28)20-8-5-9-23(3)4/h6-7,10-11,13H,5,8-9H2,1-4H3,(H,21,25)(H2,20,22,28)/t13-/m1/s1. The topological polar surface area (TPSA) is 95.8 Å². The molecule has 0 aliphatic carbocycles. The van der Waals surface area contributed by atoms with Gasteiger partial charge in [0.25, 0.3) is 5.91 Å². The fraction of sp³-hybridized carbons (Fsp3) is 0.421. The molecule has 3 N–H and O–H groups in total. The smallest absolute Gasteiger partial charge is 0.336 e. The summed E-state index contributed by atoms with van der Waals surface area (Å²) >= 11 is 5.11. The fourth-order valence-electron chi connectivity index (χ4n) is 2.50. The van der Waals surface area contributed by atoms with Crippen LogP contribution in [0.25, 0.3) is 11.0 Å². The van der Waals surface area contributed by atoms with Gasteiger partial charge in [-0.25, -0.2) is 4.79 Å². The number of benzene rings is 1. The maximum Gasteiger partial charge on any atom is 0.336 e. The number of hydrogen-bond acceptors (Lipinski definition) is 6. The van der Waals surface area contributed by atoms with Gasteiger partial charge in [0, 0.05) is 24.1 Å². The number of carbonyl (C=O) groups excluding carboxylic acids is 1. The van der Waals surface area contributed by atoms with Crippen LogP contribution in [0.2, 0.25) is 0 Å². The van der Waals surface area contributed by atoms with Crippen molar-refractivity contribution < 1.29 is 13.9 Å². The number of aryl methyl sites for hydroxylation is 1. The molecule has 8 nitrogen and oxygen atoms in total.